The van der Waals surface area contributed by atoms with E-state index >= 15 is 0 Å². The fraction of sp³-hybridized carbons (Fsp3) is 0.235. The molecule has 116 valence electrons. The Balaban J connectivity index is 1.96. The Kier molecular flexibility index (Phi) is 5.67. The standard InChI is InChI=1S/C17H17ClO4/c1-3-20-15-5-4-6-16(11-15)21-12(2)17(19)22-14-9-7-13(18)8-10-14/h4-12H,3H2,1-2H3. The molecule has 0 saturated carbocycles. The summed E-state index contributed by atoms with van der Waals surface area (Å²) in [5.41, 5.74) is 0. The first kappa shape index (κ1) is 16.2. The lowest BCUT2D eigenvalue weighted by Gasteiger charge is -2.14. The number of esters is 1. The molecule has 0 aliphatic heterocycles. The minimum Gasteiger partial charge on any atom is -0.494 e. The van der Waals surface area contributed by atoms with Crippen LogP contribution in [0.5, 0.6) is 17.2 Å². The summed E-state index contributed by atoms with van der Waals surface area (Å²) in [6.07, 6.45) is -0.743. The average Bonchev–Trinajstić information content (AvgIpc) is 2.50. The lowest BCUT2D eigenvalue weighted by molar-refractivity contribution is -0.141. The van der Waals surface area contributed by atoms with E-state index in [1.807, 2.05) is 13.0 Å². The van der Waals surface area contributed by atoms with Crippen molar-refractivity contribution in [3.63, 3.8) is 0 Å². The zero-order valence-electron chi connectivity index (χ0n) is 12.4. The monoisotopic (exact) mass is 320 g/mol. The smallest absolute Gasteiger partial charge is 0.352 e. The number of benzene rings is 2. The van der Waals surface area contributed by atoms with Crippen molar-refractivity contribution in [2.24, 2.45) is 0 Å². The number of hydrogen-bond acceptors (Lipinski definition) is 4. The van der Waals surface area contributed by atoms with Gasteiger partial charge in [-0.1, -0.05) is 17.7 Å². The normalized spacial score (nSPS) is 11.6. The van der Waals surface area contributed by atoms with E-state index in [9.17, 15) is 4.79 Å². The Labute approximate surface area is 134 Å². The Bertz CT molecular complexity index is 625. The van der Waals surface area contributed by atoms with Gasteiger partial charge in [-0.05, 0) is 50.2 Å². The van der Waals surface area contributed by atoms with Gasteiger partial charge in [-0.15, -0.1) is 0 Å². The molecule has 0 fully saturated rings. The third-order valence-electron chi connectivity index (χ3n) is 2.79. The summed E-state index contributed by atoms with van der Waals surface area (Å²) >= 11 is 5.78. The second kappa shape index (κ2) is 7.71. The summed E-state index contributed by atoms with van der Waals surface area (Å²) in [6.45, 7) is 4.10. The van der Waals surface area contributed by atoms with Gasteiger partial charge in [0.1, 0.15) is 17.2 Å². The van der Waals surface area contributed by atoms with Crippen molar-refractivity contribution < 1.29 is 19.0 Å². The molecule has 0 N–H and O–H groups in total. The van der Waals surface area contributed by atoms with Crippen LogP contribution < -0.4 is 14.2 Å². The fourth-order valence-corrected chi connectivity index (χ4v) is 1.88. The van der Waals surface area contributed by atoms with Gasteiger partial charge in [0.05, 0.1) is 6.61 Å². The molecule has 22 heavy (non-hydrogen) atoms. The molecular formula is C17H17ClO4. The van der Waals surface area contributed by atoms with Gasteiger partial charge in [0.2, 0.25) is 0 Å². The minimum absolute atomic E-state index is 0.424. The van der Waals surface area contributed by atoms with Crippen LogP contribution in [0.15, 0.2) is 48.5 Å². The molecule has 0 bridgehead atoms. The van der Waals surface area contributed by atoms with Crippen molar-refractivity contribution in [1.29, 1.82) is 0 Å². The van der Waals surface area contributed by atoms with E-state index in [4.69, 9.17) is 25.8 Å². The van der Waals surface area contributed by atoms with Crippen LogP contribution in [0, 0.1) is 0 Å². The summed E-state index contributed by atoms with van der Waals surface area (Å²) in [6, 6.07) is 13.7. The van der Waals surface area contributed by atoms with Gasteiger partial charge in [-0.2, -0.15) is 0 Å². The van der Waals surface area contributed by atoms with Gasteiger partial charge in [0, 0.05) is 11.1 Å². The highest BCUT2D eigenvalue weighted by Crippen LogP contribution is 2.21. The van der Waals surface area contributed by atoms with Crippen molar-refractivity contribution in [3.05, 3.63) is 53.6 Å². The topological polar surface area (TPSA) is 44.8 Å². The lowest BCUT2D eigenvalue weighted by atomic mass is 10.3. The first-order chi connectivity index (χ1) is 10.6. The Morgan fingerprint density at radius 2 is 1.77 bits per heavy atom. The average molecular weight is 321 g/mol. The summed E-state index contributed by atoms with van der Waals surface area (Å²) in [7, 11) is 0. The maximum Gasteiger partial charge on any atom is 0.352 e. The maximum atomic E-state index is 12.0. The van der Waals surface area contributed by atoms with Crippen LogP contribution >= 0.6 is 11.6 Å². The Morgan fingerprint density at radius 1 is 1.09 bits per heavy atom. The number of carbonyl (C=O) groups is 1. The molecule has 4 nitrogen and oxygen atoms in total. The molecule has 0 spiro atoms. The van der Waals surface area contributed by atoms with Gasteiger partial charge in [0.25, 0.3) is 0 Å². The van der Waals surface area contributed by atoms with Crippen molar-refractivity contribution in [1.82, 2.24) is 0 Å². The van der Waals surface area contributed by atoms with Gasteiger partial charge < -0.3 is 14.2 Å². The van der Waals surface area contributed by atoms with E-state index in [2.05, 4.69) is 0 Å². The third kappa shape index (κ3) is 4.67. The molecule has 2 aromatic rings. The van der Waals surface area contributed by atoms with E-state index in [-0.39, 0.29) is 0 Å². The number of carbonyl (C=O) groups excluding carboxylic acids is 1. The highest BCUT2D eigenvalue weighted by atomic mass is 35.5. The van der Waals surface area contributed by atoms with Gasteiger partial charge in [0.15, 0.2) is 6.10 Å². The number of hydrogen-bond donors (Lipinski definition) is 0. The molecule has 0 aliphatic rings. The molecule has 0 aliphatic carbocycles. The van der Waals surface area contributed by atoms with E-state index in [1.165, 1.54) is 0 Å². The molecule has 0 saturated heterocycles. The Morgan fingerprint density at radius 3 is 2.45 bits per heavy atom. The van der Waals surface area contributed by atoms with E-state index in [1.54, 1.807) is 49.4 Å². The van der Waals surface area contributed by atoms with Crippen LogP contribution in [-0.2, 0) is 4.79 Å². The zero-order chi connectivity index (χ0) is 15.9. The quantitative estimate of drug-likeness (QED) is 0.593. The Hall–Kier alpha value is -2.20. The second-order valence-electron chi connectivity index (χ2n) is 4.54. The van der Waals surface area contributed by atoms with Crippen molar-refractivity contribution >= 4 is 17.6 Å². The summed E-state index contributed by atoms with van der Waals surface area (Å²) < 4.78 is 16.2. The largest absolute Gasteiger partial charge is 0.494 e. The molecule has 0 aromatic heterocycles. The van der Waals surface area contributed by atoms with Crippen LogP contribution in [-0.4, -0.2) is 18.7 Å². The first-order valence-electron chi connectivity index (χ1n) is 6.95. The van der Waals surface area contributed by atoms with Crippen molar-refractivity contribution in [2.45, 2.75) is 20.0 Å². The van der Waals surface area contributed by atoms with E-state index in [0.717, 1.165) is 0 Å². The predicted octanol–water partition coefficient (Wildman–Crippen LogP) is 4.11. The van der Waals surface area contributed by atoms with Crippen LogP contribution in [0.4, 0.5) is 0 Å². The summed E-state index contributed by atoms with van der Waals surface area (Å²) in [5, 5.41) is 0.580. The van der Waals surface area contributed by atoms with E-state index < -0.39 is 12.1 Å². The van der Waals surface area contributed by atoms with Crippen LogP contribution in [0.1, 0.15) is 13.8 Å². The molecule has 5 heteroatoms. The molecule has 2 rings (SSSR count). The van der Waals surface area contributed by atoms with Gasteiger partial charge >= 0.3 is 5.97 Å². The summed E-state index contributed by atoms with van der Waals surface area (Å²) in [4.78, 5) is 12.0. The number of rotatable bonds is 6. The van der Waals surface area contributed by atoms with Crippen LogP contribution in [0.3, 0.4) is 0 Å². The first-order valence-corrected chi connectivity index (χ1v) is 7.33. The number of ether oxygens (including phenoxy) is 3. The molecule has 2 aromatic carbocycles. The molecule has 0 radical (unpaired) electrons. The molecule has 1 unspecified atom stereocenters. The molecule has 1 atom stereocenters. The summed E-state index contributed by atoms with van der Waals surface area (Å²) in [5.74, 6) is 1.18. The van der Waals surface area contributed by atoms with Gasteiger partial charge in [-0.25, -0.2) is 4.79 Å². The highest BCUT2D eigenvalue weighted by molar-refractivity contribution is 6.30. The van der Waals surface area contributed by atoms with Crippen LogP contribution in [0.25, 0.3) is 0 Å². The lowest BCUT2D eigenvalue weighted by Crippen LogP contribution is -2.28. The molecule has 0 amide bonds. The van der Waals surface area contributed by atoms with E-state index in [0.29, 0.717) is 28.9 Å². The van der Waals surface area contributed by atoms with Crippen LogP contribution in [0.2, 0.25) is 5.02 Å². The minimum atomic E-state index is -0.743. The molecular weight excluding hydrogens is 304 g/mol. The highest BCUT2D eigenvalue weighted by Gasteiger charge is 2.17. The maximum absolute atomic E-state index is 12.0. The SMILES string of the molecule is CCOc1cccc(OC(C)C(=O)Oc2ccc(Cl)cc2)c1. The number of halogens is 1. The molecule has 0 heterocycles. The van der Waals surface area contributed by atoms with Crippen molar-refractivity contribution in [3.8, 4) is 17.2 Å². The van der Waals surface area contributed by atoms with Gasteiger partial charge in [-0.3, -0.25) is 0 Å². The van der Waals surface area contributed by atoms with Crippen molar-refractivity contribution in [2.75, 3.05) is 6.61 Å². The third-order valence-corrected chi connectivity index (χ3v) is 3.05. The second-order valence-corrected chi connectivity index (χ2v) is 4.98. The fourth-order valence-electron chi connectivity index (χ4n) is 1.76. The zero-order valence-corrected chi connectivity index (χ0v) is 13.2. The predicted molar refractivity (Wildman–Crippen MR) is 84.8 cm³/mol.